The van der Waals surface area contributed by atoms with Crippen molar-refractivity contribution in [1.82, 2.24) is 15.0 Å². The number of halogens is 4. The third kappa shape index (κ3) is 5.05. The molecule has 0 saturated carbocycles. The SMILES string of the molecule is Nc1ccc(-c2ncc(C(F)(F)F)cc2Cl)nc1C(=O)Nc1cnccc1N1CCC[C@H](N)C1. The van der Waals surface area contributed by atoms with E-state index in [-0.39, 0.29) is 33.8 Å². The minimum Gasteiger partial charge on any atom is -0.397 e. The number of carbonyl (C=O) groups excluding carboxylic acids is 1. The van der Waals surface area contributed by atoms with Crippen molar-refractivity contribution in [3.05, 3.63) is 59.1 Å². The average molecular weight is 492 g/mol. The third-order valence-electron chi connectivity index (χ3n) is 5.40. The van der Waals surface area contributed by atoms with Gasteiger partial charge in [0, 0.05) is 31.5 Å². The van der Waals surface area contributed by atoms with E-state index < -0.39 is 17.6 Å². The summed E-state index contributed by atoms with van der Waals surface area (Å²) in [5, 5.41) is 2.52. The molecule has 12 heteroatoms. The van der Waals surface area contributed by atoms with Crippen LogP contribution in [-0.2, 0) is 6.18 Å². The highest BCUT2D eigenvalue weighted by atomic mass is 35.5. The number of nitrogen functional groups attached to an aromatic ring is 1. The van der Waals surface area contributed by atoms with Crippen LogP contribution >= 0.6 is 11.6 Å². The van der Waals surface area contributed by atoms with Gasteiger partial charge in [-0.05, 0) is 37.1 Å². The summed E-state index contributed by atoms with van der Waals surface area (Å²) in [6.45, 7) is 1.43. The molecule has 1 aliphatic rings. The molecule has 1 fully saturated rings. The lowest BCUT2D eigenvalue weighted by atomic mass is 10.1. The molecule has 4 heterocycles. The van der Waals surface area contributed by atoms with E-state index in [1.54, 1.807) is 12.3 Å². The van der Waals surface area contributed by atoms with Crippen LogP contribution in [0.1, 0.15) is 28.9 Å². The Bertz CT molecular complexity index is 1220. The van der Waals surface area contributed by atoms with Gasteiger partial charge in [-0.1, -0.05) is 11.6 Å². The molecule has 0 bridgehead atoms. The van der Waals surface area contributed by atoms with Crippen LogP contribution in [0.15, 0.2) is 42.9 Å². The van der Waals surface area contributed by atoms with Crippen LogP contribution in [0, 0.1) is 0 Å². The molecule has 1 atom stereocenters. The number of hydrogen-bond donors (Lipinski definition) is 3. The summed E-state index contributed by atoms with van der Waals surface area (Å²) in [6.07, 6.45) is 1.06. The first-order valence-corrected chi connectivity index (χ1v) is 10.8. The Morgan fingerprint density at radius 1 is 1.24 bits per heavy atom. The number of anilines is 3. The quantitative estimate of drug-likeness (QED) is 0.504. The van der Waals surface area contributed by atoms with Crippen LogP contribution in [0.3, 0.4) is 0 Å². The van der Waals surface area contributed by atoms with Crippen LogP contribution in [0.4, 0.5) is 30.2 Å². The largest absolute Gasteiger partial charge is 0.417 e. The van der Waals surface area contributed by atoms with Crippen LogP contribution in [-0.4, -0.2) is 40.0 Å². The minimum atomic E-state index is -4.59. The average Bonchev–Trinajstić information content (AvgIpc) is 2.79. The predicted octanol–water partition coefficient (Wildman–Crippen LogP) is 3.97. The van der Waals surface area contributed by atoms with Gasteiger partial charge in [-0.2, -0.15) is 13.2 Å². The van der Waals surface area contributed by atoms with Crippen LogP contribution in [0.25, 0.3) is 11.4 Å². The topological polar surface area (TPSA) is 123 Å². The fraction of sp³-hybridized carbons (Fsp3) is 0.273. The van der Waals surface area contributed by atoms with Crippen molar-refractivity contribution in [3.8, 4) is 11.4 Å². The summed E-state index contributed by atoms with van der Waals surface area (Å²) >= 11 is 6.03. The van der Waals surface area contributed by atoms with Gasteiger partial charge < -0.3 is 21.7 Å². The fourth-order valence-corrected chi connectivity index (χ4v) is 4.00. The molecule has 8 nitrogen and oxygen atoms in total. The maximum Gasteiger partial charge on any atom is 0.417 e. The highest BCUT2D eigenvalue weighted by molar-refractivity contribution is 6.33. The number of pyridine rings is 3. The molecule has 3 aromatic heterocycles. The van der Waals surface area contributed by atoms with Crippen molar-refractivity contribution in [3.63, 3.8) is 0 Å². The molecule has 0 aromatic carbocycles. The van der Waals surface area contributed by atoms with Crippen molar-refractivity contribution in [2.75, 3.05) is 29.0 Å². The summed E-state index contributed by atoms with van der Waals surface area (Å²) in [7, 11) is 0. The molecule has 0 radical (unpaired) electrons. The van der Waals surface area contributed by atoms with Crippen molar-refractivity contribution < 1.29 is 18.0 Å². The van der Waals surface area contributed by atoms with Gasteiger partial charge in [-0.25, -0.2) is 4.98 Å². The molecule has 5 N–H and O–H groups in total. The summed E-state index contributed by atoms with van der Waals surface area (Å²) < 4.78 is 38.8. The van der Waals surface area contributed by atoms with Gasteiger partial charge >= 0.3 is 6.18 Å². The monoisotopic (exact) mass is 491 g/mol. The van der Waals surface area contributed by atoms with Crippen LogP contribution < -0.4 is 21.7 Å². The van der Waals surface area contributed by atoms with Crippen LogP contribution in [0.2, 0.25) is 5.02 Å². The van der Waals surface area contributed by atoms with E-state index in [9.17, 15) is 18.0 Å². The number of hydrogen-bond acceptors (Lipinski definition) is 7. The Labute approximate surface area is 198 Å². The zero-order chi connectivity index (χ0) is 24.5. The first-order valence-electron chi connectivity index (χ1n) is 10.4. The van der Waals surface area contributed by atoms with Gasteiger partial charge in [0.2, 0.25) is 0 Å². The first-order chi connectivity index (χ1) is 16.1. The summed E-state index contributed by atoms with van der Waals surface area (Å²) in [4.78, 5) is 27.2. The number of nitrogens with two attached hydrogens (primary N) is 2. The van der Waals surface area contributed by atoms with E-state index in [4.69, 9.17) is 23.1 Å². The lowest BCUT2D eigenvalue weighted by Crippen LogP contribution is -2.43. The van der Waals surface area contributed by atoms with E-state index in [0.717, 1.165) is 31.1 Å². The number of amides is 1. The maximum absolute atomic E-state index is 13.1. The first kappa shape index (κ1) is 23.7. The van der Waals surface area contributed by atoms with E-state index in [1.807, 2.05) is 0 Å². The molecule has 3 aromatic rings. The Balaban J connectivity index is 1.62. The van der Waals surface area contributed by atoms with Crippen molar-refractivity contribution in [1.29, 1.82) is 0 Å². The molecule has 1 amide bonds. The molecule has 34 heavy (non-hydrogen) atoms. The number of carbonyl (C=O) groups is 1. The molecular formula is C22H21ClF3N7O. The third-order valence-corrected chi connectivity index (χ3v) is 5.69. The normalized spacial score (nSPS) is 16.4. The number of rotatable bonds is 4. The van der Waals surface area contributed by atoms with E-state index >= 15 is 0 Å². The predicted molar refractivity (Wildman–Crippen MR) is 124 cm³/mol. The molecule has 0 unspecified atom stereocenters. The Kier molecular flexibility index (Phi) is 6.58. The maximum atomic E-state index is 13.1. The number of nitrogens with zero attached hydrogens (tertiary/aromatic N) is 4. The van der Waals surface area contributed by atoms with Gasteiger partial charge in [0.25, 0.3) is 5.91 Å². The second-order valence-electron chi connectivity index (χ2n) is 7.88. The molecule has 0 spiro atoms. The lowest BCUT2D eigenvalue weighted by molar-refractivity contribution is -0.137. The second-order valence-corrected chi connectivity index (χ2v) is 8.29. The highest BCUT2D eigenvalue weighted by Crippen LogP contribution is 2.34. The van der Waals surface area contributed by atoms with Crippen LogP contribution in [0.5, 0.6) is 0 Å². The molecule has 178 valence electrons. The van der Waals surface area contributed by atoms with Crippen molar-refractivity contribution >= 4 is 34.6 Å². The van der Waals surface area contributed by atoms with Crippen molar-refractivity contribution in [2.45, 2.75) is 25.1 Å². The van der Waals surface area contributed by atoms with E-state index in [2.05, 4.69) is 25.2 Å². The number of nitrogens with one attached hydrogen (secondary N) is 1. The van der Waals surface area contributed by atoms with Gasteiger partial charge in [0.1, 0.15) is 5.69 Å². The lowest BCUT2D eigenvalue weighted by Gasteiger charge is -2.33. The molecule has 0 aliphatic carbocycles. The summed E-state index contributed by atoms with van der Waals surface area (Å²) in [5.41, 5.74) is 12.3. The number of piperidine rings is 1. The Hall–Kier alpha value is -3.44. The Morgan fingerprint density at radius 3 is 2.74 bits per heavy atom. The van der Waals surface area contributed by atoms with Gasteiger partial charge in [0.15, 0.2) is 5.69 Å². The van der Waals surface area contributed by atoms with Gasteiger partial charge in [-0.3, -0.25) is 14.8 Å². The Morgan fingerprint density at radius 2 is 2.03 bits per heavy atom. The zero-order valence-corrected chi connectivity index (χ0v) is 18.6. The second kappa shape index (κ2) is 9.43. The van der Waals surface area contributed by atoms with Gasteiger partial charge in [0.05, 0.1) is 39.5 Å². The van der Waals surface area contributed by atoms with Gasteiger partial charge in [-0.15, -0.1) is 0 Å². The summed E-state index contributed by atoms with van der Waals surface area (Å²) in [5.74, 6) is -0.613. The molecule has 1 aliphatic heterocycles. The number of aromatic nitrogens is 3. The highest BCUT2D eigenvalue weighted by Gasteiger charge is 2.32. The molecular weight excluding hydrogens is 471 g/mol. The molecule has 4 rings (SSSR count). The molecule has 1 saturated heterocycles. The standard InChI is InChI=1S/C22H21ClF3N7O/c23-14-8-12(22(24,25)26)9-30-19(14)16-4-3-15(28)20(31-16)21(34)32-17-10-29-6-5-18(17)33-7-1-2-13(27)11-33/h3-6,8-10,13H,1-2,7,11,27-28H2,(H,32,34)/t13-/m0/s1. The van der Waals surface area contributed by atoms with E-state index in [1.165, 1.54) is 18.3 Å². The summed E-state index contributed by atoms with van der Waals surface area (Å²) in [6, 6.07) is 5.42. The van der Waals surface area contributed by atoms with E-state index in [0.29, 0.717) is 18.4 Å². The smallest absolute Gasteiger partial charge is 0.397 e. The van der Waals surface area contributed by atoms with Crippen molar-refractivity contribution in [2.24, 2.45) is 5.73 Å². The number of alkyl halides is 3. The minimum absolute atomic E-state index is 0.00640. The fourth-order valence-electron chi connectivity index (χ4n) is 3.73. The zero-order valence-electron chi connectivity index (χ0n) is 17.8.